The van der Waals surface area contributed by atoms with Crippen LogP contribution >= 0.6 is 0 Å². The molecule has 0 aliphatic carbocycles. The summed E-state index contributed by atoms with van der Waals surface area (Å²) in [5.74, 6) is -0.203. The van der Waals surface area contributed by atoms with E-state index in [1.165, 1.54) is 31.7 Å². The van der Waals surface area contributed by atoms with Crippen LogP contribution in [0.3, 0.4) is 0 Å². The van der Waals surface area contributed by atoms with Gasteiger partial charge in [0.2, 0.25) is 0 Å². The minimum absolute atomic E-state index is 0.203. The fourth-order valence-corrected chi connectivity index (χ4v) is 3.85. The fourth-order valence-electron chi connectivity index (χ4n) is 3.85. The standard InChI is InChI=1S/C25H23FN2.C7H14.C2H6.C2H4/c1-3-18(2)22-14-15-25(23-12-5-4-10-20(23)17-27)28-24(22)13-7-9-19-8-6-11-21(26)16-19;1-3-5-7-6-4-2;2*1-2/h4-6,8,10-12,14-16H,2-3,7,9,13H2,1H3;3H,1,4-7H2,2H3;1-2H3;1-2H2. The number of unbranched alkanes of at least 4 members (excludes halogenated alkanes) is 3. The third-order valence-electron chi connectivity index (χ3n) is 5.89. The number of nitrogens with zero attached hydrogens (tertiary/aromatic N) is 2. The summed E-state index contributed by atoms with van der Waals surface area (Å²) in [5.41, 5.74) is 6.34. The third kappa shape index (κ3) is 13.0. The van der Waals surface area contributed by atoms with Crippen LogP contribution in [0.2, 0.25) is 0 Å². The molecule has 0 saturated heterocycles. The maximum atomic E-state index is 13.4. The second-order valence-corrected chi connectivity index (χ2v) is 8.57. The zero-order valence-corrected chi connectivity index (χ0v) is 24.6. The lowest BCUT2D eigenvalue weighted by Gasteiger charge is -2.13. The molecular weight excluding hydrogens is 479 g/mol. The van der Waals surface area contributed by atoms with E-state index in [0.717, 1.165) is 59.3 Å². The van der Waals surface area contributed by atoms with Crippen LogP contribution in [0.25, 0.3) is 16.8 Å². The van der Waals surface area contributed by atoms with Crippen molar-refractivity contribution in [2.45, 2.75) is 79.1 Å². The Hall–Kier alpha value is -3.77. The van der Waals surface area contributed by atoms with Crippen molar-refractivity contribution in [3.63, 3.8) is 0 Å². The first-order valence-corrected chi connectivity index (χ1v) is 14.1. The second kappa shape index (κ2) is 22.2. The van der Waals surface area contributed by atoms with Crippen molar-refractivity contribution < 1.29 is 4.39 Å². The van der Waals surface area contributed by atoms with Crippen molar-refractivity contribution >= 4 is 5.57 Å². The van der Waals surface area contributed by atoms with Crippen molar-refractivity contribution in [3.8, 4) is 17.3 Å². The zero-order chi connectivity index (χ0) is 29.5. The summed E-state index contributed by atoms with van der Waals surface area (Å²) in [7, 11) is 0. The average molecular weight is 527 g/mol. The van der Waals surface area contributed by atoms with E-state index in [0.29, 0.717) is 5.56 Å². The highest BCUT2D eigenvalue weighted by Crippen LogP contribution is 2.27. The molecule has 2 nitrogen and oxygen atoms in total. The van der Waals surface area contributed by atoms with E-state index < -0.39 is 0 Å². The Labute approximate surface area is 237 Å². The normalized spacial score (nSPS) is 9.33. The molecule has 0 atom stereocenters. The van der Waals surface area contributed by atoms with Crippen LogP contribution in [-0.4, -0.2) is 4.98 Å². The summed E-state index contributed by atoms with van der Waals surface area (Å²) < 4.78 is 13.4. The Morgan fingerprint density at radius 2 is 1.67 bits per heavy atom. The molecule has 208 valence electrons. The first-order valence-electron chi connectivity index (χ1n) is 14.1. The lowest BCUT2D eigenvalue weighted by Crippen LogP contribution is -2.01. The molecule has 2 aromatic carbocycles. The number of nitriles is 1. The SMILES string of the molecule is C=C.C=C(CC)c1ccc(-c2ccccc2C#N)nc1CCCc1cccc(F)c1.C=CCCCCC.CC. The molecule has 0 aliphatic heterocycles. The molecule has 1 heterocycles. The summed E-state index contributed by atoms with van der Waals surface area (Å²) in [4.78, 5) is 4.88. The van der Waals surface area contributed by atoms with Gasteiger partial charge in [0.1, 0.15) is 5.82 Å². The zero-order valence-electron chi connectivity index (χ0n) is 24.6. The van der Waals surface area contributed by atoms with E-state index in [9.17, 15) is 9.65 Å². The molecule has 3 rings (SSSR count). The van der Waals surface area contributed by atoms with Crippen molar-refractivity contribution in [2.75, 3.05) is 0 Å². The van der Waals surface area contributed by atoms with Gasteiger partial charge in [-0.15, -0.1) is 19.7 Å². The summed E-state index contributed by atoms with van der Waals surface area (Å²) in [6.07, 6.45) is 10.4. The number of benzene rings is 2. The minimum atomic E-state index is -0.203. The van der Waals surface area contributed by atoms with E-state index in [1.807, 2.05) is 50.3 Å². The van der Waals surface area contributed by atoms with Crippen LogP contribution in [-0.2, 0) is 12.8 Å². The summed E-state index contributed by atoms with van der Waals surface area (Å²) in [5, 5.41) is 9.40. The van der Waals surface area contributed by atoms with Crippen molar-refractivity contribution in [1.29, 1.82) is 5.26 Å². The topological polar surface area (TPSA) is 36.7 Å². The van der Waals surface area contributed by atoms with Gasteiger partial charge in [-0.05, 0) is 79.5 Å². The quantitative estimate of drug-likeness (QED) is 0.184. The number of hydrogen-bond donors (Lipinski definition) is 0. The summed E-state index contributed by atoms with van der Waals surface area (Å²) in [6.45, 7) is 22.1. The van der Waals surface area contributed by atoms with Crippen LogP contribution in [0, 0.1) is 17.1 Å². The van der Waals surface area contributed by atoms with E-state index in [1.54, 1.807) is 18.2 Å². The number of allylic oxidation sites excluding steroid dienone is 2. The lowest BCUT2D eigenvalue weighted by molar-refractivity contribution is 0.624. The molecule has 0 spiro atoms. The van der Waals surface area contributed by atoms with E-state index in [2.05, 4.69) is 52.3 Å². The molecule has 0 aliphatic rings. The predicted molar refractivity (Wildman–Crippen MR) is 169 cm³/mol. The van der Waals surface area contributed by atoms with Crippen molar-refractivity contribution in [1.82, 2.24) is 4.98 Å². The number of halogens is 1. The highest BCUT2D eigenvalue weighted by molar-refractivity contribution is 5.71. The lowest BCUT2D eigenvalue weighted by atomic mass is 9.97. The highest BCUT2D eigenvalue weighted by Gasteiger charge is 2.12. The van der Waals surface area contributed by atoms with E-state index in [-0.39, 0.29) is 5.82 Å². The number of aromatic nitrogens is 1. The Morgan fingerprint density at radius 3 is 2.28 bits per heavy atom. The van der Waals surface area contributed by atoms with Gasteiger partial charge < -0.3 is 0 Å². The second-order valence-electron chi connectivity index (χ2n) is 8.57. The molecule has 3 heteroatoms. The predicted octanol–water partition coefficient (Wildman–Crippen LogP) is 10.9. The minimum Gasteiger partial charge on any atom is -0.252 e. The number of hydrogen-bond acceptors (Lipinski definition) is 2. The Balaban J connectivity index is 0.00000113. The number of rotatable bonds is 11. The molecule has 0 amide bonds. The smallest absolute Gasteiger partial charge is 0.123 e. The molecule has 0 N–H and O–H groups in total. The highest BCUT2D eigenvalue weighted by atomic mass is 19.1. The summed E-state index contributed by atoms with van der Waals surface area (Å²) >= 11 is 0. The third-order valence-corrected chi connectivity index (χ3v) is 5.89. The molecule has 3 aromatic rings. The van der Waals surface area contributed by atoms with Crippen molar-refractivity contribution in [2.24, 2.45) is 0 Å². The molecule has 0 unspecified atom stereocenters. The van der Waals surface area contributed by atoms with Gasteiger partial charge in [-0.1, -0.05) is 89.6 Å². The van der Waals surface area contributed by atoms with Gasteiger partial charge in [-0.2, -0.15) is 5.26 Å². The van der Waals surface area contributed by atoms with Crippen LogP contribution in [0.15, 0.2) is 93.1 Å². The van der Waals surface area contributed by atoms with E-state index in [4.69, 9.17) is 4.98 Å². The average Bonchev–Trinajstić information content (AvgIpc) is 2.99. The van der Waals surface area contributed by atoms with Crippen LogP contribution < -0.4 is 0 Å². The van der Waals surface area contributed by atoms with Gasteiger partial charge >= 0.3 is 0 Å². The number of aryl methyl sites for hydroxylation is 2. The first-order chi connectivity index (χ1) is 19.0. The van der Waals surface area contributed by atoms with Gasteiger partial charge in [0.05, 0.1) is 17.3 Å². The van der Waals surface area contributed by atoms with Gasteiger partial charge in [-0.25, -0.2) is 4.39 Å². The fraction of sp³-hybridized carbons (Fsp3) is 0.333. The maximum Gasteiger partial charge on any atom is 0.123 e. The largest absolute Gasteiger partial charge is 0.252 e. The maximum absolute atomic E-state index is 13.4. The van der Waals surface area contributed by atoms with Crippen LogP contribution in [0.4, 0.5) is 4.39 Å². The first kappa shape index (κ1) is 35.2. The molecule has 39 heavy (non-hydrogen) atoms. The van der Waals surface area contributed by atoms with Gasteiger partial charge in [-0.3, -0.25) is 4.98 Å². The Kier molecular flexibility index (Phi) is 20.1. The molecule has 1 aromatic heterocycles. The van der Waals surface area contributed by atoms with Gasteiger partial charge in [0, 0.05) is 11.3 Å². The van der Waals surface area contributed by atoms with Gasteiger partial charge in [0.25, 0.3) is 0 Å². The van der Waals surface area contributed by atoms with Crippen molar-refractivity contribution in [3.05, 3.63) is 121 Å². The van der Waals surface area contributed by atoms with Gasteiger partial charge in [0.15, 0.2) is 0 Å². The Morgan fingerprint density at radius 1 is 0.949 bits per heavy atom. The Bertz CT molecular complexity index is 1160. The molecule has 0 bridgehead atoms. The van der Waals surface area contributed by atoms with E-state index >= 15 is 0 Å². The van der Waals surface area contributed by atoms with Crippen LogP contribution in [0.5, 0.6) is 0 Å². The number of pyridine rings is 1. The molecular formula is C36H47FN2. The monoisotopic (exact) mass is 526 g/mol. The molecule has 0 fully saturated rings. The molecule has 0 saturated carbocycles. The molecule has 0 radical (unpaired) electrons. The summed E-state index contributed by atoms with van der Waals surface area (Å²) in [6, 6.07) is 20.5. The van der Waals surface area contributed by atoms with Crippen LogP contribution in [0.1, 0.15) is 88.6 Å².